The van der Waals surface area contributed by atoms with Crippen LogP contribution in [-0.2, 0) is 29.1 Å². The van der Waals surface area contributed by atoms with Crippen LogP contribution in [0.2, 0.25) is 0 Å². The fraction of sp³-hybridized carbons (Fsp3) is 0.263. The summed E-state index contributed by atoms with van der Waals surface area (Å²) in [6.07, 6.45) is 3.10. The Morgan fingerprint density at radius 2 is 2.00 bits per heavy atom. The van der Waals surface area contributed by atoms with Crippen molar-refractivity contribution < 1.29 is 27.5 Å². The number of carbonyl (C=O) groups excluding carboxylic acids is 3. The van der Waals surface area contributed by atoms with Gasteiger partial charge in [-0.05, 0) is 31.2 Å². The van der Waals surface area contributed by atoms with E-state index in [1.807, 2.05) is 0 Å². The number of hydrogen-bond acceptors (Lipinski definition) is 7. The first kappa shape index (κ1) is 19.8. The number of amidine groups is 1. The first-order valence-electron chi connectivity index (χ1n) is 9.14. The Kier molecular flexibility index (Phi) is 4.90. The number of fused-ring (bicyclic) bond motifs is 2. The van der Waals surface area contributed by atoms with Gasteiger partial charge in [-0.2, -0.15) is 0 Å². The van der Waals surface area contributed by atoms with Crippen molar-refractivity contribution in [1.82, 2.24) is 4.90 Å². The highest BCUT2D eigenvalue weighted by Crippen LogP contribution is 2.29. The fourth-order valence-corrected chi connectivity index (χ4v) is 4.22. The van der Waals surface area contributed by atoms with Crippen molar-refractivity contribution in [1.29, 1.82) is 0 Å². The number of para-hydroxylation sites is 2. The van der Waals surface area contributed by atoms with E-state index in [2.05, 4.69) is 9.71 Å². The van der Waals surface area contributed by atoms with Crippen molar-refractivity contribution in [3.05, 3.63) is 48.2 Å². The minimum Gasteiger partial charge on any atom is -0.449 e. The van der Waals surface area contributed by atoms with Crippen molar-refractivity contribution in [3.8, 4) is 0 Å². The van der Waals surface area contributed by atoms with E-state index in [0.29, 0.717) is 11.4 Å². The van der Waals surface area contributed by atoms with E-state index in [1.165, 1.54) is 35.1 Å². The molecule has 0 saturated heterocycles. The molecule has 3 aliphatic heterocycles. The maximum absolute atomic E-state index is 12.9. The number of ether oxygens (including phenoxy) is 1. The van der Waals surface area contributed by atoms with Gasteiger partial charge in [0.25, 0.3) is 15.9 Å². The molecular weight excluding hydrogens is 412 g/mol. The maximum atomic E-state index is 12.9. The Balaban J connectivity index is 1.47. The van der Waals surface area contributed by atoms with Crippen LogP contribution in [0.25, 0.3) is 0 Å². The number of esters is 1. The predicted octanol–water partition coefficient (Wildman–Crippen LogP) is 0.401. The van der Waals surface area contributed by atoms with Crippen LogP contribution in [-0.4, -0.2) is 61.9 Å². The smallest absolute Gasteiger partial charge is 0.340 e. The van der Waals surface area contributed by atoms with Crippen LogP contribution in [0.1, 0.15) is 6.92 Å². The standard InChI is InChI=1S/C19H18N4O6S/c1-12(18(25)23-11-17(24)20-14-4-2-3-5-15(14)23)29-19(26)13-6-7-16-21-30(27,28)9-8-22(16)10-13/h2-7,10,12H,8-9,11H2,1H3,(H,20,24)/t12-/m0/s1. The van der Waals surface area contributed by atoms with Gasteiger partial charge >= 0.3 is 5.97 Å². The molecule has 4 rings (SSSR count). The van der Waals surface area contributed by atoms with Crippen molar-refractivity contribution in [2.24, 2.45) is 4.40 Å². The number of amides is 2. The van der Waals surface area contributed by atoms with E-state index in [0.717, 1.165) is 0 Å². The summed E-state index contributed by atoms with van der Waals surface area (Å²) >= 11 is 0. The molecule has 0 bridgehead atoms. The minimum absolute atomic E-state index is 0.157. The number of anilines is 2. The van der Waals surface area contributed by atoms with E-state index in [-0.39, 0.29) is 36.2 Å². The van der Waals surface area contributed by atoms with E-state index in [9.17, 15) is 22.8 Å². The van der Waals surface area contributed by atoms with Crippen LogP contribution < -0.4 is 10.2 Å². The van der Waals surface area contributed by atoms with E-state index >= 15 is 0 Å². The molecule has 11 heteroatoms. The average Bonchev–Trinajstić information content (AvgIpc) is 2.71. The van der Waals surface area contributed by atoms with Gasteiger partial charge in [-0.15, -0.1) is 4.40 Å². The summed E-state index contributed by atoms with van der Waals surface area (Å²) in [4.78, 5) is 40.1. The van der Waals surface area contributed by atoms with Crippen LogP contribution in [0.4, 0.5) is 11.4 Å². The molecule has 156 valence electrons. The number of hydrogen-bond donors (Lipinski definition) is 1. The first-order valence-corrected chi connectivity index (χ1v) is 10.7. The van der Waals surface area contributed by atoms with Crippen LogP contribution in [0, 0.1) is 0 Å². The lowest BCUT2D eigenvalue weighted by molar-refractivity contribution is -0.149. The van der Waals surface area contributed by atoms with E-state index in [1.54, 1.807) is 24.3 Å². The maximum Gasteiger partial charge on any atom is 0.340 e. The normalized spacial score (nSPS) is 20.2. The van der Waals surface area contributed by atoms with Gasteiger partial charge in [0.15, 0.2) is 6.10 Å². The lowest BCUT2D eigenvalue weighted by Gasteiger charge is -2.31. The molecule has 1 aromatic carbocycles. The van der Waals surface area contributed by atoms with Gasteiger partial charge in [0.1, 0.15) is 12.4 Å². The highest BCUT2D eigenvalue weighted by atomic mass is 32.2. The molecule has 0 aromatic heterocycles. The molecule has 0 fully saturated rings. The number of rotatable bonds is 3. The zero-order valence-corrected chi connectivity index (χ0v) is 16.8. The lowest BCUT2D eigenvalue weighted by atomic mass is 10.1. The van der Waals surface area contributed by atoms with Gasteiger partial charge in [-0.25, -0.2) is 13.2 Å². The van der Waals surface area contributed by atoms with Gasteiger partial charge in [-0.1, -0.05) is 12.1 Å². The highest BCUT2D eigenvalue weighted by Gasteiger charge is 2.32. The molecule has 1 atom stereocenters. The van der Waals surface area contributed by atoms with Crippen molar-refractivity contribution >= 4 is 45.0 Å². The van der Waals surface area contributed by atoms with Crippen LogP contribution in [0.3, 0.4) is 0 Å². The Labute approximate surface area is 172 Å². The Bertz CT molecular complexity index is 1140. The first-order chi connectivity index (χ1) is 14.2. The molecule has 0 unspecified atom stereocenters. The molecule has 3 aliphatic rings. The molecule has 3 heterocycles. The van der Waals surface area contributed by atoms with Crippen molar-refractivity contribution in [2.75, 3.05) is 29.1 Å². The second-order valence-corrected chi connectivity index (χ2v) is 8.64. The quantitative estimate of drug-likeness (QED) is 0.688. The zero-order valence-electron chi connectivity index (χ0n) is 15.9. The Hall–Kier alpha value is -3.47. The third-order valence-corrected chi connectivity index (χ3v) is 5.89. The second kappa shape index (κ2) is 7.41. The van der Waals surface area contributed by atoms with Crippen LogP contribution in [0.5, 0.6) is 0 Å². The van der Waals surface area contributed by atoms with Gasteiger partial charge in [0.05, 0.1) is 22.7 Å². The number of benzene rings is 1. The molecule has 10 nitrogen and oxygen atoms in total. The van der Waals surface area contributed by atoms with E-state index < -0.39 is 28.0 Å². The molecule has 0 saturated carbocycles. The number of carbonyl (C=O) groups is 3. The lowest BCUT2D eigenvalue weighted by Crippen LogP contribution is -2.47. The predicted molar refractivity (Wildman–Crippen MR) is 108 cm³/mol. The van der Waals surface area contributed by atoms with Gasteiger partial charge in [0, 0.05) is 12.7 Å². The Morgan fingerprint density at radius 3 is 2.80 bits per heavy atom. The SMILES string of the molecule is C[C@H](OC(=O)C1=CN2CCS(=O)(=O)N=C2C=C1)C(=O)N1CC(=O)Nc2ccccc21. The summed E-state index contributed by atoms with van der Waals surface area (Å²) in [7, 11) is -3.50. The summed E-state index contributed by atoms with van der Waals surface area (Å²) < 4.78 is 32.1. The zero-order chi connectivity index (χ0) is 21.5. The molecule has 1 aromatic rings. The monoisotopic (exact) mass is 430 g/mol. The second-order valence-electron chi connectivity index (χ2n) is 6.88. The van der Waals surface area contributed by atoms with E-state index in [4.69, 9.17) is 4.74 Å². The minimum atomic E-state index is -3.50. The number of nitrogens with one attached hydrogen (secondary N) is 1. The third kappa shape index (κ3) is 3.83. The van der Waals surface area contributed by atoms with Gasteiger partial charge < -0.3 is 15.0 Å². The third-order valence-electron chi connectivity index (χ3n) is 4.73. The average molecular weight is 430 g/mol. The largest absolute Gasteiger partial charge is 0.449 e. The number of sulfonamides is 1. The highest BCUT2D eigenvalue weighted by molar-refractivity contribution is 7.90. The molecule has 30 heavy (non-hydrogen) atoms. The summed E-state index contributed by atoms with van der Waals surface area (Å²) in [5.74, 6) is -1.55. The molecule has 0 radical (unpaired) electrons. The topological polar surface area (TPSA) is 125 Å². The molecule has 0 aliphatic carbocycles. The van der Waals surface area contributed by atoms with Crippen LogP contribution in [0.15, 0.2) is 52.6 Å². The summed E-state index contributed by atoms with van der Waals surface area (Å²) in [6, 6.07) is 6.85. The Morgan fingerprint density at radius 1 is 1.23 bits per heavy atom. The van der Waals surface area contributed by atoms with Gasteiger partial charge in [0.2, 0.25) is 5.91 Å². The van der Waals surface area contributed by atoms with Crippen LogP contribution >= 0.6 is 0 Å². The summed E-state index contributed by atoms with van der Waals surface area (Å²) in [5, 5.41) is 2.69. The van der Waals surface area contributed by atoms with Crippen molar-refractivity contribution in [3.63, 3.8) is 0 Å². The molecule has 1 N–H and O–H groups in total. The molecular formula is C19H18N4O6S. The van der Waals surface area contributed by atoms with Gasteiger partial charge in [-0.3, -0.25) is 14.5 Å². The fourth-order valence-electron chi connectivity index (χ4n) is 3.25. The molecule has 2 amide bonds. The van der Waals surface area contributed by atoms with Crippen molar-refractivity contribution in [2.45, 2.75) is 13.0 Å². The summed E-state index contributed by atoms with van der Waals surface area (Å²) in [5.41, 5.74) is 1.19. The number of nitrogens with zero attached hydrogens (tertiary/aromatic N) is 3. The summed E-state index contributed by atoms with van der Waals surface area (Å²) in [6.45, 7) is 1.42. The molecule has 0 spiro atoms.